The van der Waals surface area contributed by atoms with E-state index in [9.17, 15) is 0 Å². The van der Waals surface area contributed by atoms with E-state index in [1.54, 1.807) is 6.20 Å². The van der Waals surface area contributed by atoms with Crippen LogP contribution in [0, 0.1) is 12.3 Å². The Morgan fingerprint density at radius 2 is 2.31 bits per heavy atom. The van der Waals surface area contributed by atoms with Crippen LogP contribution in [-0.4, -0.2) is 16.5 Å². The minimum absolute atomic E-state index is 0.507. The van der Waals surface area contributed by atoms with E-state index in [1.807, 2.05) is 13.0 Å². The highest BCUT2D eigenvalue weighted by Crippen LogP contribution is 2.44. The van der Waals surface area contributed by atoms with Gasteiger partial charge < -0.3 is 5.32 Å². The SMILES string of the molecule is Cc1ccnc(NCC2(C)CC2)n1. The van der Waals surface area contributed by atoms with E-state index in [2.05, 4.69) is 22.2 Å². The van der Waals surface area contributed by atoms with Gasteiger partial charge in [-0.25, -0.2) is 9.97 Å². The molecule has 1 fully saturated rings. The Kier molecular flexibility index (Phi) is 1.94. The van der Waals surface area contributed by atoms with Gasteiger partial charge in [-0.15, -0.1) is 0 Å². The van der Waals surface area contributed by atoms with Crippen LogP contribution in [0.15, 0.2) is 12.3 Å². The Hall–Kier alpha value is -1.12. The molecule has 70 valence electrons. The molecular weight excluding hydrogens is 162 g/mol. The molecule has 1 aromatic heterocycles. The van der Waals surface area contributed by atoms with Crippen molar-refractivity contribution in [2.75, 3.05) is 11.9 Å². The van der Waals surface area contributed by atoms with Gasteiger partial charge in [0.2, 0.25) is 5.95 Å². The summed E-state index contributed by atoms with van der Waals surface area (Å²) in [5.74, 6) is 0.758. The molecule has 3 heteroatoms. The number of hydrogen-bond donors (Lipinski definition) is 1. The van der Waals surface area contributed by atoms with Crippen LogP contribution in [-0.2, 0) is 0 Å². The zero-order valence-corrected chi connectivity index (χ0v) is 8.17. The van der Waals surface area contributed by atoms with Crippen molar-refractivity contribution >= 4 is 5.95 Å². The molecule has 0 spiro atoms. The summed E-state index contributed by atoms with van der Waals surface area (Å²) in [7, 11) is 0. The molecule has 1 heterocycles. The molecule has 0 unspecified atom stereocenters. The number of aryl methyl sites for hydroxylation is 1. The smallest absolute Gasteiger partial charge is 0.222 e. The molecule has 0 aromatic carbocycles. The van der Waals surface area contributed by atoms with Crippen molar-refractivity contribution < 1.29 is 0 Å². The van der Waals surface area contributed by atoms with Gasteiger partial charge in [-0.2, -0.15) is 0 Å². The third kappa shape index (κ3) is 2.17. The standard InChI is InChI=1S/C10H15N3/c1-8-3-6-11-9(13-8)12-7-10(2)4-5-10/h3,6H,4-5,7H2,1-2H3,(H,11,12,13). The molecule has 1 aromatic rings. The highest BCUT2D eigenvalue weighted by atomic mass is 15.1. The van der Waals surface area contributed by atoms with Gasteiger partial charge in [-0.05, 0) is 31.2 Å². The second-order valence-corrected chi connectivity index (χ2v) is 4.19. The quantitative estimate of drug-likeness (QED) is 0.767. The zero-order chi connectivity index (χ0) is 9.31. The number of anilines is 1. The van der Waals surface area contributed by atoms with E-state index >= 15 is 0 Å². The van der Waals surface area contributed by atoms with Gasteiger partial charge in [0.1, 0.15) is 0 Å². The molecule has 13 heavy (non-hydrogen) atoms. The highest BCUT2D eigenvalue weighted by Gasteiger charge is 2.36. The summed E-state index contributed by atoms with van der Waals surface area (Å²) in [6.45, 7) is 5.26. The third-order valence-electron chi connectivity index (χ3n) is 2.57. The van der Waals surface area contributed by atoms with Gasteiger partial charge in [0.15, 0.2) is 0 Å². The summed E-state index contributed by atoms with van der Waals surface area (Å²) in [6, 6.07) is 1.91. The minimum Gasteiger partial charge on any atom is -0.354 e. The first-order chi connectivity index (χ1) is 6.18. The van der Waals surface area contributed by atoms with Gasteiger partial charge in [0.25, 0.3) is 0 Å². The maximum Gasteiger partial charge on any atom is 0.222 e. The second kappa shape index (κ2) is 2.98. The fourth-order valence-electron chi connectivity index (χ4n) is 1.22. The molecule has 1 N–H and O–H groups in total. The van der Waals surface area contributed by atoms with Gasteiger partial charge in [-0.3, -0.25) is 0 Å². The summed E-state index contributed by atoms with van der Waals surface area (Å²) in [6.07, 6.45) is 4.44. The Labute approximate surface area is 78.6 Å². The van der Waals surface area contributed by atoms with Crippen LogP contribution in [0.25, 0.3) is 0 Å². The third-order valence-corrected chi connectivity index (χ3v) is 2.57. The number of rotatable bonds is 3. The summed E-state index contributed by atoms with van der Waals surface area (Å²) in [5, 5.41) is 3.27. The van der Waals surface area contributed by atoms with Crippen LogP contribution >= 0.6 is 0 Å². The van der Waals surface area contributed by atoms with Crippen LogP contribution in [0.3, 0.4) is 0 Å². The Bertz CT molecular complexity index is 305. The average molecular weight is 177 g/mol. The highest BCUT2D eigenvalue weighted by molar-refractivity contribution is 5.25. The lowest BCUT2D eigenvalue weighted by molar-refractivity contribution is 0.607. The first-order valence-corrected chi connectivity index (χ1v) is 4.72. The monoisotopic (exact) mass is 177 g/mol. The van der Waals surface area contributed by atoms with E-state index in [0.717, 1.165) is 18.2 Å². The predicted molar refractivity (Wildman–Crippen MR) is 52.6 cm³/mol. The van der Waals surface area contributed by atoms with Crippen LogP contribution < -0.4 is 5.32 Å². The fraction of sp³-hybridized carbons (Fsp3) is 0.600. The molecule has 0 bridgehead atoms. The number of nitrogens with zero attached hydrogens (tertiary/aromatic N) is 2. The summed E-state index contributed by atoms with van der Waals surface area (Å²) in [5.41, 5.74) is 1.52. The molecule has 1 aliphatic carbocycles. The normalized spacial score (nSPS) is 18.3. The number of hydrogen-bond acceptors (Lipinski definition) is 3. The Balaban J connectivity index is 1.94. The first kappa shape index (κ1) is 8.48. The van der Waals surface area contributed by atoms with Crippen LogP contribution in [0.1, 0.15) is 25.5 Å². The lowest BCUT2D eigenvalue weighted by atomic mass is 10.1. The average Bonchev–Trinajstić information content (AvgIpc) is 2.82. The van der Waals surface area contributed by atoms with Crippen molar-refractivity contribution in [3.63, 3.8) is 0 Å². The van der Waals surface area contributed by atoms with E-state index in [1.165, 1.54) is 12.8 Å². The van der Waals surface area contributed by atoms with Crippen molar-refractivity contribution in [3.05, 3.63) is 18.0 Å². The first-order valence-electron chi connectivity index (χ1n) is 4.72. The Morgan fingerprint density at radius 3 is 2.92 bits per heavy atom. The lowest BCUT2D eigenvalue weighted by Gasteiger charge is -2.09. The number of nitrogens with one attached hydrogen (secondary N) is 1. The molecule has 0 aliphatic heterocycles. The van der Waals surface area contributed by atoms with Crippen molar-refractivity contribution in [2.45, 2.75) is 26.7 Å². The maximum atomic E-state index is 4.28. The van der Waals surface area contributed by atoms with Crippen LogP contribution in [0.2, 0.25) is 0 Å². The molecule has 1 aliphatic rings. The van der Waals surface area contributed by atoms with Gasteiger partial charge in [0, 0.05) is 18.4 Å². The van der Waals surface area contributed by atoms with Crippen molar-refractivity contribution in [2.24, 2.45) is 5.41 Å². The lowest BCUT2D eigenvalue weighted by Crippen LogP contribution is -2.13. The topological polar surface area (TPSA) is 37.8 Å². The molecule has 0 saturated heterocycles. The van der Waals surface area contributed by atoms with Crippen molar-refractivity contribution in [3.8, 4) is 0 Å². The number of aromatic nitrogens is 2. The van der Waals surface area contributed by atoms with E-state index < -0.39 is 0 Å². The summed E-state index contributed by atoms with van der Waals surface area (Å²) >= 11 is 0. The van der Waals surface area contributed by atoms with E-state index in [0.29, 0.717) is 5.41 Å². The Morgan fingerprint density at radius 1 is 1.54 bits per heavy atom. The van der Waals surface area contributed by atoms with Crippen LogP contribution in [0.4, 0.5) is 5.95 Å². The molecule has 0 atom stereocenters. The molecule has 1 saturated carbocycles. The van der Waals surface area contributed by atoms with Crippen molar-refractivity contribution in [1.82, 2.24) is 9.97 Å². The predicted octanol–water partition coefficient (Wildman–Crippen LogP) is 2.00. The summed E-state index contributed by atoms with van der Waals surface area (Å²) in [4.78, 5) is 8.43. The molecule has 0 amide bonds. The van der Waals surface area contributed by atoms with Gasteiger partial charge >= 0.3 is 0 Å². The summed E-state index contributed by atoms with van der Waals surface area (Å²) < 4.78 is 0. The van der Waals surface area contributed by atoms with Gasteiger partial charge in [0.05, 0.1) is 0 Å². The molecule has 3 nitrogen and oxygen atoms in total. The largest absolute Gasteiger partial charge is 0.354 e. The maximum absolute atomic E-state index is 4.28. The van der Waals surface area contributed by atoms with Crippen molar-refractivity contribution in [1.29, 1.82) is 0 Å². The van der Waals surface area contributed by atoms with Gasteiger partial charge in [-0.1, -0.05) is 6.92 Å². The second-order valence-electron chi connectivity index (χ2n) is 4.19. The minimum atomic E-state index is 0.507. The van der Waals surface area contributed by atoms with E-state index in [-0.39, 0.29) is 0 Å². The van der Waals surface area contributed by atoms with Crippen LogP contribution in [0.5, 0.6) is 0 Å². The van der Waals surface area contributed by atoms with E-state index in [4.69, 9.17) is 0 Å². The zero-order valence-electron chi connectivity index (χ0n) is 8.17. The molecule has 0 radical (unpaired) electrons. The molecule has 2 rings (SSSR count). The fourth-order valence-corrected chi connectivity index (χ4v) is 1.22. The molecular formula is C10H15N3.